The molecule has 0 aromatic heterocycles. The van der Waals surface area contributed by atoms with E-state index in [0.29, 0.717) is 11.7 Å². The molecule has 0 aliphatic heterocycles. The fourth-order valence-electron chi connectivity index (χ4n) is 1.99. The van der Waals surface area contributed by atoms with Gasteiger partial charge in [0.25, 0.3) is 0 Å². The number of hydrogen-bond acceptors (Lipinski definition) is 2. The summed E-state index contributed by atoms with van der Waals surface area (Å²) in [5, 5.41) is 3.06. The van der Waals surface area contributed by atoms with Crippen LogP contribution >= 0.6 is 0 Å². The third kappa shape index (κ3) is 3.70. The van der Waals surface area contributed by atoms with Crippen molar-refractivity contribution in [3.8, 4) is 5.75 Å². The molecule has 2 nitrogen and oxygen atoms in total. The Morgan fingerprint density at radius 3 is 2.82 bits per heavy atom. The van der Waals surface area contributed by atoms with E-state index in [1.165, 1.54) is 25.3 Å². The highest BCUT2D eigenvalue weighted by Crippen LogP contribution is 2.27. The van der Waals surface area contributed by atoms with Crippen molar-refractivity contribution >= 4 is 0 Å². The van der Waals surface area contributed by atoms with E-state index in [-0.39, 0.29) is 5.82 Å². The molecular weight excluding hydrogens is 217 g/mol. The van der Waals surface area contributed by atoms with E-state index in [0.717, 1.165) is 25.1 Å². The zero-order valence-corrected chi connectivity index (χ0v) is 10.3. The highest BCUT2D eigenvalue weighted by Gasteiger charge is 2.18. The van der Waals surface area contributed by atoms with Crippen LogP contribution in [0.4, 0.5) is 4.39 Å². The molecule has 1 aromatic carbocycles. The van der Waals surface area contributed by atoms with Crippen molar-refractivity contribution in [1.82, 2.24) is 5.32 Å². The molecule has 0 atom stereocenters. The number of likely N-dealkylation sites (N-methyl/N-ethyl adjacent to an activating group) is 1. The number of benzene rings is 1. The van der Waals surface area contributed by atoms with Crippen LogP contribution in [0.2, 0.25) is 0 Å². The summed E-state index contributed by atoms with van der Waals surface area (Å²) < 4.78 is 19.0. The molecular formula is C14H20FNO. The Morgan fingerprint density at radius 1 is 1.35 bits per heavy atom. The molecule has 17 heavy (non-hydrogen) atoms. The minimum atomic E-state index is -0.206. The number of ether oxygens (including phenoxy) is 1. The first-order valence-corrected chi connectivity index (χ1v) is 6.35. The maximum Gasteiger partial charge on any atom is 0.127 e. The van der Waals surface area contributed by atoms with Gasteiger partial charge in [-0.25, -0.2) is 4.39 Å². The topological polar surface area (TPSA) is 21.3 Å². The maximum atomic E-state index is 13.4. The van der Waals surface area contributed by atoms with Gasteiger partial charge in [0.2, 0.25) is 0 Å². The zero-order chi connectivity index (χ0) is 12.1. The third-order valence-corrected chi connectivity index (χ3v) is 3.31. The van der Waals surface area contributed by atoms with Gasteiger partial charge in [0, 0.05) is 6.07 Å². The highest BCUT2D eigenvalue weighted by atomic mass is 19.1. The molecule has 1 aliphatic rings. The number of rotatable bonds is 6. The van der Waals surface area contributed by atoms with Crippen molar-refractivity contribution < 1.29 is 9.13 Å². The van der Waals surface area contributed by atoms with Crippen LogP contribution in [-0.4, -0.2) is 20.2 Å². The smallest absolute Gasteiger partial charge is 0.127 e. The molecule has 1 aliphatic carbocycles. The molecule has 0 saturated heterocycles. The number of halogens is 1. The monoisotopic (exact) mass is 237 g/mol. The van der Waals surface area contributed by atoms with Crippen LogP contribution in [0.1, 0.15) is 24.8 Å². The molecule has 0 spiro atoms. The lowest BCUT2D eigenvalue weighted by Gasteiger charge is -2.25. The number of hydrogen-bond donors (Lipinski definition) is 1. The fraction of sp³-hybridized carbons (Fsp3) is 0.571. The first-order chi connectivity index (χ1) is 8.28. The predicted octanol–water partition coefficient (Wildman–Crippen LogP) is 2.77. The van der Waals surface area contributed by atoms with Crippen molar-refractivity contribution in [1.29, 1.82) is 0 Å². The normalized spacial score (nSPS) is 15.6. The second-order valence-electron chi connectivity index (χ2n) is 4.76. The Balaban J connectivity index is 1.92. The fourth-order valence-corrected chi connectivity index (χ4v) is 1.99. The van der Waals surface area contributed by atoms with Crippen molar-refractivity contribution in [3.63, 3.8) is 0 Å². The summed E-state index contributed by atoms with van der Waals surface area (Å²) in [7, 11) is 1.90. The van der Waals surface area contributed by atoms with Crippen molar-refractivity contribution in [3.05, 3.63) is 29.6 Å². The van der Waals surface area contributed by atoms with E-state index >= 15 is 0 Å². The third-order valence-electron chi connectivity index (χ3n) is 3.31. The van der Waals surface area contributed by atoms with Crippen LogP contribution in [0, 0.1) is 11.7 Å². The Hall–Kier alpha value is -1.09. The van der Waals surface area contributed by atoms with Crippen LogP contribution in [0.25, 0.3) is 0 Å². The average molecular weight is 237 g/mol. The summed E-state index contributed by atoms with van der Waals surface area (Å²) in [5.74, 6) is 1.14. The zero-order valence-electron chi connectivity index (χ0n) is 10.3. The largest absolute Gasteiger partial charge is 0.493 e. The second kappa shape index (κ2) is 6.01. The van der Waals surface area contributed by atoms with Gasteiger partial charge in [-0.2, -0.15) is 0 Å². The molecule has 1 N–H and O–H groups in total. The summed E-state index contributed by atoms with van der Waals surface area (Å²) in [6.45, 7) is 1.58. The van der Waals surface area contributed by atoms with Crippen molar-refractivity contribution in [2.75, 3.05) is 20.2 Å². The molecule has 0 amide bonds. The lowest BCUT2D eigenvalue weighted by atomic mass is 9.86. The highest BCUT2D eigenvalue weighted by molar-refractivity contribution is 5.29. The lowest BCUT2D eigenvalue weighted by Crippen LogP contribution is -2.19. The van der Waals surface area contributed by atoms with Crippen LogP contribution in [0.3, 0.4) is 0 Å². The molecule has 2 rings (SSSR count). The van der Waals surface area contributed by atoms with Gasteiger partial charge in [-0.15, -0.1) is 0 Å². The van der Waals surface area contributed by atoms with Gasteiger partial charge in [0.05, 0.1) is 6.61 Å². The van der Waals surface area contributed by atoms with Gasteiger partial charge < -0.3 is 10.1 Å². The summed E-state index contributed by atoms with van der Waals surface area (Å²) in [5.41, 5.74) is 0.989. The van der Waals surface area contributed by atoms with E-state index in [4.69, 9.17) is 4.74 Å². The van der Waals surface area contributed by atoms with E-state index < -0.39 is 0 Å². The van der Waals surface area contributed by atoms with E-state index in [2.05, 4.69) is 5.32 Å². The minimum absolute atomic E-state index is 0.206. The average Bonchev–Trinajstić information content (AvgIpc) is 2.23. The van der Waals surface area contributed by atoms with Crippen LogP contribution in [-0.2, 0) is 6.42 Å². The van der Waals surface area contributed by atoms with Gasteiger partial charge >= 0.3 is 0 Å². The SMILES string of the molecule is CNCCc1cc(F)cc(OCC2CCC2)c1. The van der Waals surface area contributed by atoms with E-state index in [9.17, 15) is 4.39 Å². The quantitative estimate of drug-likeness (QED) is 0.821. The van der Waals surface area contributed by atoms with Crippen molar-refractivity contribution in [2.45, 2.75) is 25.7 Å². The van der Waals surface area contributed by atoms with Crippen LogP contribution in [0.5, 0.6) is 5.75 Å². The van der Waals surface area contributed by atoms with E-state index in [1.807, 2.05) is 13.1 Å². The molecule has 94 valence electrons. The standard InChI is InChI=1S/C14H20FNO/c1-16-6-5-12-7-13(15)9-14(8-12)17-10-11-3-2-4-11/h7-9,11,16H,2-6,10H2,1H3. The Kier molecular flexibility index (Phi) is 4.37. The van der Waals surface area contributed by atoms with Gasteiger partial charge in [0.1, 0.15) is 11.6 Å². The molecule has 0 heterocycles. The Bertz CT molecular complexity index is 363. The molecule has 1 saturated carbocycles. The number of nitrogens with one attached hydrogen (secondary N) is 1. The first kappa shape index (κ1) is 12.4. The lowest BCUT2D eigenvalue weighted by molar-refractivity contribution is 0.180. The second-order valence-corrected chi connectivity index (χ2v) is 4.76. The molecule has 0 bridgehead atoms. The van der Waals surface area contributed by atoms with Gasteiger partial charge in [-0.3, -0.25) is 0 Å². The van der Waals surface area contributed by atoms with Crippen molar-refractivity contribution in [2.24, 2.45) is 5.92 Å². The van der Waals surface area contributed by atoms with Gasteiger partial charge in [0.15, 0.2) is 0 Å². The van der Waals surface area contributed by atoms with Gasteiger partial charge in [-0.05, 0) is 56.5 Å². The van der Waals surface area contributed by atoms with Gasteiger partial charge in [-0.1, -0.05) is 6.42 Å². The Labute approximate surface area is 102 Å². The Morgan fingerprint density at radius 2 is 2.18 bits per heavy atom. The maximum absolute atomic E-state index is 13.4. The molecule has 1 fully saturated rings. The van der Waals surface area contributed by atoms with E-state index in [1.54, 1.807) is 6.07 Å². The summed E-state index contributed by atoms with van der Waals surface area (Å²) in [4.78, 5) is 0. The molecule has 0 unspecified atom stereocenters. The predicted molar refractivity (Wildman–Crippen MR) is 66.9 cm³/mol. The summed E-state index contributed by atoms with van der Waals surface area (Å²) in [6.07, 6.45) is 4.64. The minimum Gasteiger partial charge on any atom is -0.493 e. The van der Waals surface area contributed by atoms with Crippen LogP contribution in [0.15, 0.2) is 18.2 Å². The molecule has 0 radical (unpaired) electrons. The first-order valence-electron chi connectivity index (χ1n) is 6.35. The molecule has 1 aromatic rings. The summed E-state index contributed by atoms with van der Waals surface area (Å²) >= 11 is 0. The van der Waals surface area contributed by atoms with Crippen LogP contribution < -0.4 is 10.1 Å². The molecule has 3 heteroatoms. The summed E-state index contributed by atoms with van der Waals surface area (Å²) in [6, 6.07) is 4.99.